The molecular weight excluding hydrogens is 217 g/mol. The lowest BCUT2D eigenvalue weighted by Gasteiger charge is -2.34. The molecule has 3 heteroatoms. The van der Waals surface area contributed by atoms with Crippen molar-refractivity contribution in [1.82, 2.24) is 5.32 Å². The van der Waals surface area contributed by atoms with Gasteiger partial charge in [0.05, 0.1) is 0 Å². The van der Waals surface area contributed by atoms with Crippen molar-refractivity contribution in [1.29, 1.82) is 0 Å². The molecule has 17 heavy (non-hydrogen) atoms. The molecule has 1 aromatic rings. The lowest BCUT2D eigenvalue weighted by molar-refractivity contribution is 0.0964. The van der Waals surface area contributed by atoms with E-state index in [1.54, 1.807) is 6.07 Å². The highest BCUT2D eigenvalue weighted by atomic mass is 19.1. The summed E-state index contributed by atoms with van der Waals surface area (Å²) < 4.78 is 14.2. The maximum Gasteiger partial charge on any atom is 0.164 e. The van der Waals surface area contributed by atoms with E-state index in [1.165, 1.54) is 0 Å². The highest BCUT2D eigenvalue weighted by Crippen LogP contribution is 2.46. The number of benzene rings is 1. The van der Waals surface area contributed by atoms with Crippen LogP contribution in [-0.2, 0) is 5.41 Å². The molecule has 0 amide bonds. The number of hydrogen-bond donors (Lipinski definition) is 1. The Labute approximate surface area is 100 Å². The third kappa shape index (κ3) is 1.53. The Morgan fingerprint density at radius 3 is 2.71 bits per heavy atom. The topological polar surface area (TPSA) is 29.1 Å². The Balaban J connectivity index is 2.18. The molecule has 1 spiro atoms. The van der Waals surface area contributed by atoms with Crippen molar-refractivity contribution < 1.29 is 9.18 Å². The van der Waals surface area contributed by atoms with E-state index in [2.05, 4.69) is 5.32 Å². The quantitative estimate of drug-likeness (QED) is 0.745. The maximum atomic E-state index is 14.2. The van der Waals surface area contributed by atoms with E-state index in [1.807, 2.05) is 13.0 Å². The molecule has 0 atom stereocenters. The fraction of sp³-hybridized carbons (Fsp3) is 0.500. The Morgan fingerprint density at radius 1 is 1.29 bits per heavy atom. The van der Waals surface area contributed by atoms with Crippen LogP contribution in [0.25, 0.3) is 0 Å². The van der Waals surface area contributed by atoms with Gasteiger partial charge in [-0.2, -0.15) is 0 Å². The predicted octanol–water partition coefficient (Wildman–Crippen LogP) is 2.34. The summed E-state index contributed by atoms with van der Waals surface area (Å²) in [6.45, 7) is 3.59. The summed E-state index contributed by atoms with van der Waals surface area (Å²) in [4.78, 5) is 12.1. The van der Waals surface area contributed by atoms with E-state index in [0.29, 0.717) is 17.5 Å². The first-order chi connectivity index (χ1) is 8.12. The van der Waals surface area contributed by atoms with Gasteiger partial charge in [0.1, 0.15) is 5.82 Å². The number of Topliss-reactive ketones (excluding diaryl/α,β-unsaturated/α-hetero) is 1. The number of fused-ring (bicyclic) bond motifs is 2. The Morgan fingerprint density at radius 2 is 2.00 bits per heavy atom. The van der Waals surface area contributed by atoms with Gasteiger partial charge in [-0.05, 0) is 50.6 Å². The van der Waals surface area contributed by atoms with Gasteiger partial charge < -0.3 is 5.32 Å². The van der Waals surface area contributed by atoms with Crippen LogP contribution in [-0.4, -0.2) is 18.9 Å². The first kappa shape index (κ1) is 10.9. The molecule has 90 valence electrons. The lowest BCUT2D eigenvalue weighted by atomic mass is 9.74. The van der Waals surface area contributed by atoms with E-state index in [4.69, 9.17) is 0 Å². The third-order valence-electron chi connectivity index (χ3n) is 4.12. The van der Waals surface area contributed by atoms with Crippen LogP contribution in [0.5, 0.6) is 0 Å². The van der Waals surface area contributed by atoms with Crippen molar-refractivity contribution in [2.24, 2.45) is 0 Å². The molecular formula is C14H16FNO. The minimum Gasteiger partial charge on any atom is -0.317 e. The number of nitrogens with one attached hydrogen (secondary N) is 1. The minimum absolute atomic E-state index is 0.115. The average molecular weight is 233 g/mol. The number of halogens is 1. The van der Waals surface area contributed by atoms with Crippen molar-refractivity contribution in [3.8, 4) is 0 Å². The molecule has 1 saturated heterocycles. The zero-order chi connectivity index (χ0) is 12.0. The summed E-state index contributed by atoms with van der Waals surface area (Å²) >= 11 is 0. The van der Waals surface area contributed by atoms with Gasteiger partial charge >= 0.3 is 0 Å². The van der Waals surface area contributed by atoms with Gasteiger partial charge in [-0.3, -0.25) is 4.79 Å². The van der Waals surface area contributed by atoms with Crippen LogP contribution in [0.4, 0.5) is 4.39 Å². The van der Waals surface area contributed by atoms with Gasteiger partial charge in [0.25, 0.3) is 0 Å². The van der Waals surface area contributed by atoms with E-state index < -0.39 is 0 Å². The normalized spacial score (nSPS) is 21.9. The van der Waals surface area contributed by atoms with Gasteiger partial charge in [-0.15, -0.1) is 0 Å². The summed E-state index contributed by atoms with van der Waals surface area (Å²) in [5.41, 5.74) is 1.93. The SMILES string of the molecule is Cc1cc(F)c2c(c1)C(=O)CC21CCNCC1. The monoisotopic (exact) mass is 233 g/mol. The minimum atomic E-state index is -0.227. The van der Waals surface area contributed by atoms with Crippen LogP contribution < -0.4 is 5.32 Å². The number of aryl methyl sites for hydroxylation is 1. The van der Waals surface area contributed by atoms with Crippen molar-refractivity contribution in [3.05, 3.63) is 34.6 Å². The fourth-order valence-electron chi connectivity index (χ4n) is 3.32. The van der Waals surface area contributed by atoms with Crippen LogP contribution in [0.1, 0.15) is 40.7 Å². The van der Waals surface area contributed by atoms with E-state index in [9.17, 15) is 9.18 Å². The molecule has 3 rings (SSSR count). The van der Waals surface area contributed by atoms with E-state index in [0.717, 1.165) is 31.5 Å². The highest BCUT2D eigenvalue weighted by molar-refractivity contribution is 6.02. The van der Waals surface area contributed by atoms with E-state index in [-0.39, 0.29) is 17.0 Å². The summed E-state index contributed by atoms with van der Waals surface area (Å²) in [7, 11) is 0. The van der Waals surface area contributed by atoms with Gasteiger partial charge in [-0.1, -0.05) is 0 Å². The zero-order valence-corrected chi connectivity index (χ0v) is 9.98. The van der Waals surface area contributed by atoms with Crippen LogP contribution >= 0.6 is 0 Å². The molecule has 0 saturated carbocycles. The fourth-order valence-corrected chi connectivity index (χ4v) is 3.32. The molecule has 2 nitrogen and oxygen atoms in total. The lowest BCUT2D eigenvalue weighted by Crippen LogP contribution is -2.39. The smallest absolute Gasteiger partial charge is 0.164 e. The predicted molar refractivity (Wildman–Crippen MR) is 63.9 cm³/mol. The van der Waals surface area contributed by atoms with E-state index >= 15 is 0 Å². The Bertz CT molecular complexity index is 489. The standard InChI is InChI=1S/C14H16FNO/c1-9-6-10-12(17)8-14(2-4-16-5-3-14)13(10)11(15)7-9/h6-7,16H,2-5,8H2,1H3. The van der Waals surface area contributed by atoms with Gasteiger partial charge in [-0.25, -0.2) is 4.39 Å². The second-order valence-electron chi connectivity index (χ2n) is 5.30. The number of carbonyl (C=O) groups excluding carboxylic acids is 1. The molecule has 1 aliphatic heterocycles. The van der Waals surface area contributed by atoms with Gasteiger partial charge in [0.2, 0.25) is 0 Å². The number of rotatable bonds is 0. The van der Waals surface area contributed by atoms with Gasteiger partial charge in [0, 0.05) is 23.0 Å². The molecule has 0 radical (unpaired) electrons. The van der Waals surface area contributed by atoms with Crippen LogP contribution in [0.15, 0.2) is 12.1 Å². The third-order valence-corrected chi connectivity index (χ3v) is 4.12. The molecule has 1 fully saturated rings. The summed E-state index contributed by atoms with van der Waals surface area (Å²) in [5.74, 6) is -0.0720. The Hall–Kier alpha value is -1.22. The molecule has 1 N–H and O–H groups in total. The second-order valence-corrected chi connectivity index (χ2v) is 5.30. The first-order valence-electron chi connectivity index (χ1n) is 6.17. The molecule has 0 aromatic heterocycles. The van der Waals surface area contributed by atoms with Crippen LogP contribution in [0.3, 0.4) is 0 Å². The van der Waals surface area contributed by atoms with Crippen molar-refractivity contribution in [2.45, 2.75) is 31.6 Å². The molecule has 1 aromatic carbocycles. The maximum absolute atomic E-state index is 14.2. The molecule has 0 unspecified atom stereocenters. The van der Waals surface area contributed by atoms with Crippen LogP contribution in [0, 0.1) is 12.7 Å². The number of ketones is 1. The Kier molecular flexibility index (Phi) is 2.33. The molecule has 1 heterocycles. The largest absolute Gasteiger partial charge is 0.317 e. The van der Waals surface area contributed by atoms with Crippen molar-refractivity contribution in [2.75, 3.05) is 13.1 Å². The average Bonchev–Trinajstić information content (AvgIpc) is 2.53. The zero-order valence-electron chi connectivity index (χ0n) is 9.98. The van der Waals surface area contributed by atoms with Crippen LogP contribution in [0.2, 0.25) is 0 Å². The summed E-state index contributed by atoms with van der Waals surface area (Å²) in [6.07, 6.45) is 2.22. The molecule has 2 aliphatic rings. The number of hydrogen-bond acceptors (Lipinski definition) is 2. The number of piperidine rings is 1. The van der Waals surface area contributed by atoms with Crippen molar-refractivity contribution in [3.63, 3.8) is 0 Å². The van der Waals surface area contributed by atoms with Gasteiger partial charge in [0.15, 0.2) is 5.78 Å². The summed E-state index contributed by atoms with van der Waals surface area (Å²) in [6, 6.07) is 3.40. The second kappa shape index (κ2) is 3.64. The number of carbonyl (C=O) groups is 1. The first-order valence-corrected chi connectivity index (χ1v) is 6.17. The highest BCUT2D eigenvalue weighted by Gasteiger charge is 2.45. The molecule has 1 aliphatic carbocycles. The van der Waals surface area contributed by atoms with Crippen molar-refractivity contribution >= 4 is 5.78 Å². The molecule has 0 bridgehead atoms. The summed E-state index contributed by atoms with van der Waals surface area (Å²) in [5, 5.41) is 3.28.